The number of esters is 4. The summed E-state index contributed by atoms with van der Waals surface area (Å²) in [6.07, 6.45) is 5.58. The predicted molar refractivity (Wildman–Crippen MR) is 152 cm³/mol. The van der Waals surface area contributed by atoms with Crippen LogP contribution in [-0.4, -0.2) is 42.2 Å². The van der Waals surface area contributed by atoms with Crippen molar-refractivity contribution in [3.05, 3.63) is 103 Å². The van der Waals surface area contributed by atoms with Crippen LogP contribution in [0.1, 0.15) is 46.4 Å². The zero-order chi connectivity index (χ0) is 30.3. The van der Waals surface area contributed by atoms with Crippen molar-refractivity contribution < 1.29 is 48.0 Å². The molecule has 0 unspecified atom stereocenters. The largest absolute Gasteiger partial charge is 0.504 e. The molecule has 3 aromatic rings. The van der Waals surface area contributed by atoms with Crippen LogP contribution < -0.4 is 18.9 Å². The maximum Gasteiger partial charge on any atom is 0.343 e. The second-order valence-corrected chi connectivity index (χ2v) is 8.72. The summed E-state index contributed by atoms with van der Waals surface area (Å²) in [6.45, 7) is 7.52. The first-order chi connectivity index (χ1) is 20.3. The Labute approximate surface area is 242 Å². The van der Waals surface area contributed by atoms with E-state index in [4.69, 9.17) is 23.7 Å². The first kappa shape index (κ1) is 31.2. The van der Waals surface area contributed by atoms with E-state index in [9.17, 15) is 24.3 Å². The minimum absolute atomic E-state index is 0.0465. The number of carbonyl (C=O) groups is 4. The maximum absolute atomic E-state index is 12.5. The van der Waals surface area contributed by atoms with Crippen LogP contribution in [0.5, 0.6) is 28.7 Å². The first-order valence-electron chi connectivity index (χ1n) is 13.0. The number of phenolic OH excluding ortho intramolecular Hbond substituents is 1. The number of carbonyl (C=O) groups excluding carboxylic acids is 4. The molecule has 10 nitrogen and oxygen atoms in total. The molecule has 0 amide bonds. The predicted octanol–water partition coefficient (Wildman–Crippen LogP) is 5.59. The molecule has 0 fully saturated rings. The first-order valence-corrected chi connectivity index (χ1v) is 13.0. The number of ether oxygens (including phenoxy) is 5. The summed E-state index contributed by atoms with van der Waals surface area (Å²) in [5.41, 5.74) is 0.424. The van der Waals surface area contributed by atoms with Gasteiger partial charge in [-0.2, -0.15) is 0 Å². The molecule has 0 spiro atoms. The lowest BCUT2D eigenvalue weighted by molar-refractivity contribution is -0.137. The van der Waals surface area contributed by atoms with Gasteiger partial charge in [0.15, 0.2) is 11.5 Å². The molecule has 0 aliphatic carbocycles. The lowest BCUT2D eigenvalue weighted by Gasteiger charge is -2.10. The normalized spacial score (nSPS) is 10.2. The fourth-order valence-corrected chi connectivity index (χ4v) is 3.46. The van der Waals surface area contributed by atoms with Gasteiger partial charge in [-0.15, -0.1) is 0 Å². The summed E-state index contributed by atoms with van der Waals surface area (Å²) in [5, 5.41) is 10.3. The van der Waals surface area contributed by atoms with Crippen LogP contribution in [0.4, 0.5) is 0 Å². The Bertz CT molecular complexity index is 1410. The van der Waals surface area contributed by atoms with E-state index >= 15 is 0 Å². The molecule has 0 atom stereocenters. The van der Waals surface area contributed by atoms with Gasteiger partial charge in [-0.25, -0.2) is 19.2 Å². The van der Waals surface area contributed by atoms with Crippen LogP contribution in [0.15, 0.2) is 92.0 Å². The van der Waals surface area contributed by atoms with Gasteiger partial charge in [-0.1, -0.05) is 13.2 Å². The topological polar surface area (TPSA) is 135 Å². The molecule has 0 aliphatic heterocycles. The Kier molecular flexibility index (Phi) is 11.9. The molecule has 3 aromatic carbocycles. The van der Waals surface area contributed by atoms with Crippen molar-refractivity contribution in [2.45, 2.75) is 25.7 Å². The van der Waals surface area contributed by atoms with Crippen molar-refractivity contribution >= 4 is 23.9 Å². The molecular formula is C32H30O10. The minimum Gasteiger partial charge on any atom is -0.504 e. The molecular weight excluding hydrogens is 544 g/mol. The van der Waals surface area contributed by atoms with Gasteiger partial charge in [0.2, 0.25) is 0 Å². The Morgan fingerprint density at radius 1 is 0.619 bits per heavy atom. The highest BCUT2D eigenvalue weighted by Crippen LogP contribution is 2.31. The molecule has 10 heteroatoms. The Balaban J connectivity index is 1.43. The Hall–Kier alpha value is -5.38. The SMILES string of the molecule is C=CC(=O)OCCCCCCOc1ccc(C(=O)Oc2ccc(OC(=O)c3ccc(OC(=O)C=C)cc3)c(O)c2)cc1. The average Bonchev–Trinajstić information content (AvgIpc) is 3.00. The highest BCUT2D eigenvalue weighted by atomic mass is 16.6. The van der Waals surface area contributed by atoms with Gasteiger partial charge >= 0.3 is 23.9 Å². The van der Waals surface area contributed by atoms with Crippen LogP contribution in [0.2, 0.25) is 0 Å². The molecule has 0 saturated heterocycles. The van der Waals surface area contributed by atoms with Crippen molar-refractivity contribution in [2.75, 3.05) is 13.2 Å². The number of aromatic hydroxyl groups is 1. The third-order valence-corrected chi connectivity index (χ3v) is 5.63. The Morgan fingerprint density at radius 3 is 1.76 bits per heavy atom. The fraction of sp³-hybridized carbons (Fsp3) is 0.188. The third-order valence-electron chi connectivity index (χ3n) is 5.63. The molecule has 0 saturated carbocycles. The Morgan fingerprint density at radius 2 is 1.17 bits per heavy atom. The summed E-state index contributed by atoms with van der Waals surface area (Å²) in [5.74, 6) is -2.15. The van der Waals surface area contributed by atoms with Gasteiger partial charge in [0.1, 0.15) is 17.2 Å². The zero-order valence-electron chi connectivity index (χ0n) is 22.8. The fourth-order valence-electron chi connectivity index (χ4n) is 3.46. The number of phenols is 1. The maximum atomic E-state index is 12.5. The number of hydrogen-bond donors (Lipinski definition) is 1. The summed E-state index contributed by atoms with van der Waals surface area (Å²) in [4.78, 5) is 47.2. The van der Waals surface area contributed by atoms with Crippen LogP contribution in [0.25, 0.3) is 0 Å². The number of benzene rings is 3. The molecule has 0 heterocycles. The molecule has 42 heavy (non-hydrogen) atoms. The molecule has 0 aliphatic rings. The van der Waals surface area contributed by atoms with Gasteiger partial charge in [-0.05, 0) is 86.3 Å². The quantitative estimate of drug-likeness (QED) is 0.106. The zero-order valence-corrected chi connectivity index (χ0v) is 22.8. The number of unbranched alkanes of at least 4 members (excludes halogenated alkanes) is 3. The van der Waals surface area contributed by atoms with E-state index in [1.807, 2.05) is 0 Å². The molecule has 0 bridgehead atoms. The number of rotatable bonds is 15. The van der Waals surface area contributed by atoms with Crippen molar-refractivity contribution in [1.82, 2.24) is 0 Å². The summed E-state index contributed by atoms with van der Waals surface area (Å²) in [7, 11) is 0. The van der Waals surface area contributed by atoms with Crippen molar-refractivity contribution in [3.8, 4) is 28.7 Å². The lowest BCUT2D eigenvalue weighted by Crippen LogP contribution is -2.10. The van der Waals surface area contributed by atoms with Crippen LogP contribution in [0, 0.1) is 0 Å². The van der Waals surface area contributed by atoms with Gasteiger partial charge in [-0.3, -0.25) is 0 Å². The van der Waals surface area contributed by atoms with Crippen LogP contribution >= 0.6 is 0 Å². The molecule has 0 radical (unpaired) electrons. The lowest BCUT2D eigenvalue weighted by atomic mass is 10.2. The standard InChI is InChI=1S/C32H30O10/c1-3-29(34)39-20-8-6-5-7-19-38-24-13-9-22(10-14-24)31(36)41-26-17-18-28(27(33)21-26)42-32(37)23-11-15-25(16-12-23)40-30(35)4-2/h3-4,9-18,21,33H,1-2,5-8,19-20H2. The second kappa shape index (κ2) is 16.0. The summed E-state index contributed by atoms with van der Waals surface area (Å²) >= 11 is 0. The van der Waals surface area contributed by atoms with Crippen LogP contribution in [-0.2, 0) is 14.3 Å². The highest BCUT2D eigenvalue weighted by molar-refractivity contribution is 5.92. The van der Waals surface area contributed by atoms with E-state index < -0.39 is 29.6 Å². The van der Waals surface area contributed by atoms with E-state index in [2.05, 4.69) is 13.2 Å². The van der Waals surface area contributed by atoms with Crippen molar-refractivity contribution in [1.29, 1.82) is 0 Å². The number of hydrogen-bond acceptors (Lipinski definition) is 10. The van der Waals surface area contributed by atoms with E-state index in [0.29, 0.717) is 19.0 Å². The molecule has 1 N–H and O–H groups in total. The van der Waals surface area contributed by atoms with Gasteiger partial charge in [0.25, 0.3) is 0 Å². The van der Waals surface area contributed by atoms with Gasteiger partial charge < -0.3 is 28.8 Å². The summed E-state index contributed by atoms with van der Waals surface area (Å²) < 4.78 is 26.1. The van der Waals surface area contributed by atoms with E-state index in [-0.39, 0.29) is 28.4 Å². The molecule has 3 rings (SSSR count). The molecule has 218 valence electrons. The van der Waals surface area contributed by atoms with Crippen molar-refractivity contribution in [2.24, 2.45) is 0 Å². The van der Waals surface area contributed by atoms with Crippen LogP contribution in [0.3, 0.4) is 0 Å². The van der Waals surface area contributed by atoms with E-state index in [1.165, 1.54) is 36.4 Å². The smallest absolute Gasteiger partial charge is 0.343 e. The monoisotopic (exact) mass is 574 g/mol. The third kappa shape index (κ3) is 9.98. The summed E-state index contributed by atoms with van der Waals surface area (Å²) in [6, 6.07) is 15.9. The van der Waals surface area contributed by atoms with Crippen molar-refractivity contribution in [3.63, 3.8) is 0 Å². The van der Waals surface area contributed by atoms with Gasteiger partial charge in [0.05, 0.1) is 24.3 Å². The second-order valence-electron chi connectivity index (χ2n) is 8.72. The van der Waals surface area contributed by atoms with E-state index in [1.54, 1.807) is 24.3 Å². The molecule has 0 aromatic heterocycles. The van der Waals surface area contributed by atoms with Gasteiger partial charge in [0, 0.05) is 18.2 Å². The highest BCUT2D eigenvalue weighted by Gasteiger charge is 2.15. The van der Waals surface area contributed by atoms with E-state index in [0.717, 1.165) is 43.9 Å². The average molecular weight is 575 g/mol. The minimum atomic E-state index is -0.759.